The van der Waals surface area contributed by atoms with Crippen LogP contribution in [0.15, 0.2) is 6.33 Å². The number of fused-ring (bicyclic) bond motifs is 1. The van der Waals surface area contributed by atoms with E-state index >= 15 is 0 Å². The number of aromatic nitrogens is 3. The molecule has 98 valence electrons. The highest BCUT2D eigenvalue weighted by molar-refractivity contribution is 5.76. The molecule has 2 aliphatic rings. The van der Waals surface area contributed by atoms with Crippen molar-refractivity contribution in [2.45, 2.75) is 25.5 Å². The molecule has 0 spiro atoms. The smallest absolute Gasteiger partial charge is 0.244 e. The maximum Gasteiger partial charge on any atom is 0.244 e. The maximum absolute atomic E-state index is 12.1. The average molecular weight is 251 g/mol. The summed E-state index contributed by atoms with van der Waals surface area (Å²) in [7, 11) is 0. The largest absolute Gasteiger partial charge is 0.393 e. The van der Waals surface area contributed by atoms with Crippen LogP contribution >= 0.6 is 0 Å². The van der Waals surface area contributed by atoms with Gasteiger partial charge in [-0.2, -0.15) is 0 Å². The lowest BCUT2D eigenvalue weighted by molar-refractivity contribution is -0.131. The number of carbonyl (C=O) groups is 1. The fraction of sp³-hybridized carbons (Fsp3) is 0.727. The molecule has 2 heterocycles. The molecule has 3 atom stereocenters. The van der Waals surface area contributed by atoms with E-state index in [0.717, 1.165) is 19.4 Å². The summed E-state index contributed by atoms with van der Waals surface area (Å²) in [6.45, 7) is 1.58. The van der Waals surface area contributed by atoms with Crippen molar-refractivity contribution in [2.75, 3.05) is 18.8 Å². The number of likely N-dealkylation sites (tertiary alicyclic amines) is 1. The number of amides is 1. The molecule has 3 unspecified atom stereocenters. The zero-order valence-corrected chi connectivity index (χ0v) is 10.1. The van der Waals surface area contributed by atoms with Crippen molar-refractivity contribution in [3.8, 4) is 0 Å². The number of aliphatic hydroxyl groups is 1. The van der Waals surface area contributed by atoms with Crippen molar-refractivity contribution in [1.29, 1.82) is 0 Å². The van der Waals surface area contributed by atoms with Gasteiger partial charge in [-0.1, -0.05) is 0 Å². The molecule has 1 aromatic heterocycles. The zero-order valence-electron chi connectivity index (χ0n) is 10.1. The number of hydrogen-bond acceptors (Lipinski definition) is 5. The Bertz CT molecular complexity index is 460. The lowest BCUT2D eigenvalue weighted by Crippen LogP contribution is -2.33. The van der Waals surface area contributed by atoms with E-state index in [2.05, 4.69) is 10.1 Å². The monoisotopic (exact) mass is 251 g/mol. The Labute approximate surface area is 105 Å². The second-order valence-corrected chi connectivity index (χ2v) is 5.17. The molecule has 2 fully saturated rings. The third kappa shape index (κ3) is 1.94. The van der Waals surface area contributed by atoms with Gasteiger partial charge in [-0.3, -0.25) is 4.79 Å². The predicted octanol–water partition coefficient (Wildman–Crippen LogP) is -0.910. The number of rotatable bonds is 2. The van der Waals surface area contributed by atoms with Gasteiger partial charge in [0.15, 0.2) is 0 Å². The molecule has 1 aliphatic heterocycles. The van der Waals surface area contributed by atoms with Crippen LogP contribution in [0.5, 0.6) is 0 Å². The maximum atomic E-state index is 12.1. The quantitative estimate of drug-likeness (QED) is 0.709. The summed E-state index contributed by atoms with van der Waals surface area (Å²) in [4.78, 5) is 17.7. The van der Waals surface area contributed by atoms with E-state index in [4.69, 9.17) is 5.73 Å². The minimum absolute atomic E-state index is 0.0153. The topological polar surface area (TPSA) is 97.3 Å². The Kier molecular flexibility index (Phi) is 2.70. The molecule has 1 aliphatic carbocycles. The molecular weight excluding hydrogens is 234 g/mol. The van der Waals surface area contributed by atoms with Gasteiger partial charge in [0.05, 0.1) is 6.10 Å². The fourth-order valence-corrected chi connectivity index (χ4v) is 3.06. The first-order valence-corrected chi connectivity index (χ1v) is 6.24. The third-order valence-corrected chi connectivity index (χ3v) is 4.02. The highest BCUT2D eigenvalue weighted by Gasteiger charge is 2.43. The summed E-state index contributed by atoms with van der Waals surface area (Å²) in [6.07, 6.45) is 3.11. The van der Waals surface area contributed by atoms with Crippen LogP contribution < -0.4 is 5.73 Å². The second-order valence-electron chi connectivity index (χ2n) is 5.17. The van der Waals surface area contributed by atoms with E-state index in [1.807, 2.05) is 4.90 Å². The van der Waals surface area contributed by atoms with Crippen molar-refractivity contribution in [3.63, 3.8) is 0 Å². The molecule has 1 saturated carbocycles. The lowest BCUT2D eigenvalue weighted by atomic mass is 10.00. The fourth-order valence-electron chi connectivity index (χ4n) is 3.06. The Balaban J connectivity index is 1.61. The predicted molar refractivity (Wildman–Crippen MR) is 63.2 cm³/mol. The van der Waals surface area contributed by atoms with Crippen molar-refractivity contribution >= 4 is 11.9 Å². The molecule has 18 heavy (non-hydrogen) atoms. The number of nitrogen functional groups attached to an aromatic ring is 1. The van der Waals surface area contributed by atoms with Gasteiger partial charge in [-0.05, 0) is 18.8 Å². The molecule has 0 bridgehead atoms. The van der Waals surface area contributed by atoms with Crippen molar-refractivity contribution < 1.29 is 9.90 Å². The van der Waals surface area contributed by atoms with Crippen LogP contribution in [0.4, 0.5) is 5.95 Å². The third-order valence-electron chi connectivity index (χ3n) is 4.02. The first-order chi connectivity index (χ1) is 8.63. The van der Waals surface area contributed by atoms with E-state index in [0.29, 0.717) is 12.5 Å². The van der Waals surface area contributed by atoms with Crippen molar-refractivity contribution in [2.24, 2.45) is 11.8 Å². The van der Waals surface area contributed by atoms with Crippen LogP contribution in [0.25, 0.3) is 0 Å². The van der Waals surface area contributed by atoms with E-state index in [-0.39, 0.29) is 30.4 Å². The van der Waals surface area contributed by atoms with Crippen molar-refractivity contribution in [3.05, 3.63) is 6.33 Å². The summed E-state index contributed by atoms with van der Waals surface area (Å²) in [6, 6.07) is 0. The SMILES string of the molecule is Nc1ncn(CC(=O)N2CC3CCC(O)C3C2)n1. The molecule has 0 aromatic carbocycles. The van der Waals surface area contributed by atoms with Crippen LogP contribution in [0, 0.1) is 11.8 Å². The van der Waals surface area contributed by atoms with Gasteiger partial charge < -0.3 is 15.7 Å². The number of carbonyl (C=O) groups excluding carboxylic acids is 1. The average Bonchev–Trinajstić information content (AvgIpc) is 2.98. The summed E-state index contributed by atoms with van der Waals surface area (Å²) < 4.78 is 1.45. The Morgan fingerprint density at radius 2 is 2.33 bits per heavy atom. The van der Waals surface area contributed by atoms with Crippen LogP contribution in [0.3, 0.4) is 0 Å². The molecule has 7 heteroatoms. The van der Waals surface area contributed by atoms with Gasteiger partial charge in [-0.25, -0.2) is 9.67 Å². The highest BCUT2D eigenvalue weighted by atomic mass is 16.3. The van der Waals surface area contributed by atoms with Gasteiger partial charge in [-0.15, -0.1) is 5.10 Å². The van der Waals surface area contributed by atoms with E-state index in [9.17, 15) is 9.90 Å². The Morgan fingerprint density at radius 1 is 1.50 bits per heavy atom. The number of aliphatic hydroxyl groups excluding tert-OH is 1. The number of hydrogen-bond donors (Lipinski definition) is 2. The molecule has 1 aromatic rings. The Morgan fingerprint density at radius 3 is 3.00 bits per heavy atom. The standard InChI is InChI=1S/C11H17N5O2/c12-11-13-6-16(14-11)5-10(18)15-3-7-1-2-9(17)8(7)4-15/h6-9,17H,1-5H2,(H2,12,14). The van der Waals surface area contributed by atoms with Crippen LogP contribution in [-0.4, -0.2) is 49.9 Å². The molecule has 0 radical (unpaired) electrons. The van der Waals surface area contributed by atoms with Crippen LogP contribution in [0.1, 0.15) is 12.8 Å². The van der Waals surface area contributed by atoms with Crippen molar-refractivity contribution in [1.82, 2.24) is 19.7 Å². The minimum atomic E-state index is -0.241. The number of anilines is 1. The molecule has 3 N–H and O–H groups in total. The number of nitrogens with two attached hydrogens (primary N) is 1. The molecule has 1 amide bonds. The molecule has 7 nitrogen and oxygen atoms in total. The molecular formula is C11H17N5O2. The van der Waals surface area contributed by atoms with Crippen LogP contribution in [-0.2, 0) is 11.3 Å². The first-order valence-electron chi connectivity index (χ1n) is 6.24. The number of nitrogens with zero attached hydrogens (tertiary/aromatic N) is 4. The lowest BCUT2D eigenvalue weighted by Gasteiger charge is -2.18. The Hall–Kier alpha value is -1.63. The van der Waals surface area contributed by atoms with Gasteiger partial charge in [0.1, 0.15) is 12.9 Å². The molecule has 1 saturated heterocycles. The minimum Gasteiger partial charge on any atom is -0.393 e. The van der Waals surface area contributed by atoms with Gasteiger partial charge in [0, 0.05) is 19.0 Å². The zero-order chi connectivity index (χ0) is 12.7. The van der Waals surface area contributed by atoms with E-state index in [1.54, 1.807) is 0 Å². The van der Waals surface area contributed by atoms with Gasteiger partial charge >= 0.3 is 0 Å². The highest BCUT2D eigenvalue weighted by Crippen LogP contribution is 2.38. The second kappa shape index (κ2) is 4.24. The van der Waals surface area contributed by atoms with Gasteiger partial charge in [0.2, 0.25) is 11.9 Å². The summed E-state index contributed by atoms with van der Waals surface area (Å²) >= 11 is 0. The summed E-state index contributed by atoms with van der Waals surface area (Å²) in [5.74, 6) is 0.914. The first kappa shape index (κ1) is 11.5. The van der Waals surface area contributed by atoms with Crippen LogP contribution in [0.2, 0.25) is 0 Å². The molecule has 3 rings (SSSR count). The van der Waals surface area contributed by atoms with E-state index < -0.39 is 0 Å². The summed E-state index contributed by atoms with van der Waals surface area (Å²) in [5.41, 5.74) is 5.40. The van der Waals surface area contributed by atoms with Gasteiger partial charge in [0.25, 0.3) is 0 Å². The normalized spacial score (nSPS) is 30.7. The van der Waals surface area contributed by atoms with E-state index in [1.165, 1.54) is 11.0 Å². The summed E-state index contributed by atoms with van der Waals surface area (Å²) in [5, 5.41) is 13.7.